The molecule has 2 atom stereocenters. The molecule has 1 fully saturated rings. The number of benzene rings is 1. The molecule has 0 aliphatic carbocycles. The van der Waals surface area contributed by atoms with Crippen molar-refractivity contribution in [2.24, 2.45) is 17.1 Å². The second kappa shape index (κ2) is 7.67. The van der Waals surface area contributed by atoms with E-state index >= 15 is 0 Å². The molecule has 0 radical (unpaired) electrons. The predicted octanol–water partition coefficient (Wildman–Crippen LogP) is 3.70. The van der Waals surface area contributed by atoms with E-state index in [1.54, 1.807) is 0 Å². The van der Waals surface area contributed by atoms with Crippen molar-refractivity contribution in [2.75, 3.05) is 19.6 Å². The maximum atomic E-state index is 12.9. The maximum Gasteiger partial charge on any atom is 0.230 e. The lowest BCUT2D eigenvalue weighted by molar-refractivity contribution is -0.133. The highest BCUT2D eigenvalue weighted by Gasteiger charge is 2.38. The summed E-state index contributed by atoms with van der Waals surface area (Å²) in [6, 6.07) is 7.65. The van der Waals surface area contributed by atoms with Gasteiger partial charge in [0.15, 0.2) is 0 Å². The van der Waals surface area contributed by atoms with E-state index in [0.717, 1.165) is 25.1 Å². The van der Waals surface area contributed by atoms with Crippen LogP contribution in [0.15, 0.2) is 24.3 Å². The van der Waals surface area contributed by atoms with E-state index in [-0.39, 0.29) is 35.6 Å². The molecule has 1 heterocycles. The van der Waals surface area contributed by atoms with Crippen LogP contribution in [-0.2, 0) is 4.79 Å². The van der Waals surface area contributed by atoms with Gasteiger partial charge in [-0.15, -0.1) is 12.4 Å². The quantitative estimate of drug-likeness (QED) is 0.904. The number of hydrogen-bond acceptors (Lipinski definition) is 2. The van der Waals surface area contributed by atoms with E-state index in [0.29, 0.717) is 11.6 Å². The Balaban J connectivity index is 0.00000242. The minimum absolute atomic E-state index is 0. The number of halogens is 2. The minimum Gasteiger partial charge on any atom is -0.342 e. The van der Waals surface area contributed by atoms with Crippen LogP contribution < -0.4 is 5.73 Å². The molecule has 0 saturated carbocycles. The molecule has 22 heavy (non-hydrogen) atoms. The first-order valence-electron chi connectivity index (χ1n) is 7.60. The van der Waals surface area contributed by atoms with Crippen LogP contribution in [0.1, 0.15) is 38.7 Å². The van der Waals surface area contributed by atoms with E-state index < -0.39 is 0 Å². The molecule has 1 aromatic rings. The number of rotatable bonds is 4. The van der Waals surface area contributed by atoms with Crippen LogP contribution in [0.5, 0.6) is 0 Å². The van der Waals surface area contributed by atoms with Crippen molar-refractivity contribution >= 4 is 29.9 Å². The van der Waals surface area contributed by atoms with Gasteiger partial charge in [-0.25, -0.2) is 0 Å². The Kier molecular flexibility index (Phi) is 6.72. The fourth-order valence-corrected chi connectivity index (χ4v) is 3.29. The van der Waals surface area contributed by atoms with Gasteiger partial charge in [0, 0.05) is 18.1 Å². The Bertz CT molecular complexity index is 521. The summed E-state index contributed by atoms with van der Waals surface area (Å²) < 4.78 is 0. The fraction of sp³-hybridized carbons (Fsp3) is 0.588. The predicted molar refractivity (Wildman–Crippen MR) is 94.6 cm³/mol. The monoisotopic (exact) mass is 344 g/mol. The van der Waals surface area contributed by atoms with Crippen LogP contribution in [0.2, 0.25) is 5.02 Å². The molecule has 3 nitrogen and oxygen atoms in total. The summed E-state index contributed by atoms with van der Waals surface area (Å²) in [5, 5.41) is 0.680. The van der Waals surface area contributed by atoms with Gasteiger partial charge in [-0.1, -0.05) is 44.5 Å². The van der Waals surface area contributed by atoms with Gasteiger partial charge in [-0.3, -0.25) is 4.79 Å². The molecule has 5 heteroatoms. The van der Waals surface area contributed by atoms with Crippen molar-refractivity contribution in [3.05, 3.63) is 34.9 Å². The highest BCUT2D eigenvalue weighted by Crippen LogP contribution is 2.34. The molecule has 0 bridgehead atoms. The molecule has 1 aliphatic heterocycles. The number of nitrogens with zero attached hydrogens (tertiary/aromatic N) is 1. The third kappa shape index (κ3) is 4.15. The zero-order valence-electron chi connectivity index (χ0n) is 13.5. The maximum absolute atomic E-state index is 12.9. The summed E-state index contributed by atoms with van der Waals surface area (Å²) in [6.45, 7) is 8.51. The number of amides is 1. The molecular formula is C17H26Cl2N2O. The first-order valence-corrected chi connectivity index (χ1v) is 7.98. The van der Waals surface area contributed by atoms with Gasteiger partial charge < -0.3 is 10.6 Å². The van der Waals surface area contributed by atoms with E-state index in [4.69, 9.17) is 17.3 Å². The van der Waals surface area contributed by atoms with Crippen LogP contribution >= 0.6 is 24.0 Å². The van der Waals surface area contributed by atoms with E-state index in [1.807, 2.05) is 29.2 Å². The fourth-order valence-electron chi connectivity index (χ4n) is 3.09. The number of likely N-dealkylation sites (tertiary alicyclic amines) is 1. The van der Waals surface area contributed by atoms with Gasteiger partial charge in [-0.05, 0) is 42.0 Å². The van der Waals surface area contributed by atoms with Crippen LogP contribution in [0.3, 0.4) is 0 Å². The number of carbonyl (C=O) groups is 1. The number of carbonyl (C=O) groups excluding carboxylic acids is 1. The smallest absolute Gasteiger partial charge is 0.230 e. The average Bonchev–Trinajstić information content (AvgIpc) is 2.82. The molecule has 0 aromatic heterocycles. The highest BCUT2D eigenvalue weighted by atomic mass is 35.5. The number of nitrogens with two attached hydrogens (primary N) is 1. The van der Waals surface area contributed by atoms with E-state index in [2.05, 4.69) is 20.8 Å². The average molecular weight is 345 g/mol. The Morgan fingerprint density at radius 1 is 1.45 bits per heavy atom. The van der Waals surface area contributed by atoms with Crippen molar-refractivity contribution in [2.45, 2.75) is 33.1 Å². The minimum atomic E-state index is -0.135. The summed E-state index contributed by atoms with van der Waals surface area (Å²) in [7, 11) is 0. The van der Waals surface area contributed by atoms with Gasteiger partial charge >= 0.3 is 0 Å². The molecule has 1 aliphatic rings. The molecule has 0 spiro atoms. The largest absolute Gasteiger partial charge is 0.342 e. The van der Waals surface area contributed by atoms with Crippen LogP contribution in [-0.4, -0.2) is 30.4 Å². The van der Waals surface area contributed by atoms with Crippen molar-refractivity contribution in [3.8, 4) is 0 Å². The molecule has 1 amide bonds. The van der Waals surface area contributed by atoms with Crippen LogP contribution in [0.4, 0.5) is 0 Å². The lowest BCUT2D eigenvalue weighted by Crippen LogP contribution is -2.38. The molecule has 1 aromatic carbocycles. The Labute approximate surface area is 144 Å². The topological polar surface area (TPSA) is 46.3 Å². The molecule has 1 saturated heterocycles. The van der Waals surface area contributed by atoms with Gasteiger partial charge in [0.05, 0.1) is 5.92 Å². The normalized spacial score (nSPS) is 22.5. The zero-order chi connectivity index (χ0) is 15.6. The van der Waals surface area contributed by atoms with Gasteiger partial charge in [0.2, 0.25) is 5.91 Å². The van der Waals surface area contributed by atoms with E-state index in [1.165, 1.54) is 0 Å². The van der Waals surface area contributed by atoms with Crippen molar-refractivity contribution in [1.29, 1.82) is 0 Å². The molecular weight excluding hydrogens is 319 g/mol. The second-order valence-electron chi connectivity index (χ2n) is 6.80. The molecule has 2 N–H and O–H groups in total. The Hall–Kier alpha value is -0.770. The van der Waals surface area contributed by atoms with Crippen molar-refractivity contribution in [3.63, 3.8) is 0 Å². The summed E-state index contributed by atoms with van der Waals surface area (Å²) >= 11 is 6.08. The molecule has 2 rings (SSSR count). The first kappa shape index (κ1) is 19.3. The second-order valence-corrected chi connectivity index (χ2v) is 7.24. The highest BCUT2D eigenvalue weighted by molar-refractivity contribution is 6.30. The Morgan fingerprint density at radius 3 is 2.64 bits per heavy atom. The Morgan fingerprint density at radius 2 is 2.14 bits per heavy atom. The third-order valence-electron chi connectivity index (χ3n) is 4.50. The zero-order valence-corrected chi connectivity index (χ0v) is 15.1. The van der Waals surface area contributed by atoms with Crippen molar-refractivity contribution < 1.29 is 4.79 Å². The van der Waals surface area contributed by atoms with Crippen LogP contribution in [0, 0.1) is 11.3 Å². The van der Waals surface area contributed by atoms with Gasteiger partial charge in [-0.2, -0.15) is 0 Å². The SMILES string of the molecule is CC(C)C(C(=O)N1CCC(C)(CN)C1)c1cccc(Cl)c1.Cl. The van der Waals surface area contributed by atoms with Gasteiger partial charge in [0.1, 0.15) is 0 Å². The summed E-state index contributed by atoms with van der Waals surface area (Å²) in [6.07, 6.45) is 0.982. The molecule has 2 unspecified atom stereocenters. The summed E-state index contributed by atoms with van der Waals surface area (Å²) in [5.74, 6) is 0.300. The number of hydrogen-bond donors (Lipinski definition) is 1. The standard InChI is InChI=1S/C17H25ClN2O.ClH/c1-12(2)15(13-5-4-6-14(18)9-13)16(21)20-8-7-17(3,10-19)11-20;/h4-6,9,12,15H,7-8,10-11,19H2,1-3H3;1H. The first-order chi connectivity index (χ1) is 9.86. The third-order valence-corrected chi connectivity index (χ3v) is 4.74. The summed E-state index contributed by atoms with van der Waals surface area (Å²) in [4.78, 5) is 14.9. The lowest BCUT2D eigenvalue weighted by Gasteiger charge is -2.28. The van der Waals surface area contributed by atoms with Crippen molar-refractivity contribution in [1.82, 2.24) is 4.90 Å². The molecule has 124 valence electrons. The van der Waals surface area contributed by atoms with Gasteiger partial charge in [0.25, 0.3) is 0 Å². The van der Waals surface area contributed by atoms with Crippen LogP contribution in [0.25, 0.3) is 0 Å². The lowest BCUT2D eigenvalue weighted by atomic mass is 9.87. The van der Waals surface area contributed by atoms with E-state index in [9.17, 15) is 4.79 Å². The summed E-state index contributed by atoms with van der Waals surface area (Å²) in [5.41, 5.74) is 6.91.